The van der Waals surface area contributed by atoms with Gasteiger partial charge in [-0.1, -0.05) is 0 Å². The van der Waals surface area contributed by atoms with Crippen LogP contribution >= 0.6 is 0 Å². The van der Waals surface area contributed by atoms with Gasteiger partial charge in [0.1, 0.15) is 5.69 Å². The standard InChI is InChI=1S/C16H17N3O5/c1-10(20)24-15-13(22-2)7-11(8-14(15)23-3)9-18-19-16(21)12-5-4-6-17-12/h4-9,17H,1-3H3,(H,19,21)/b18-9-. The summed E-state index contributed by atoms with van der Waals surface area (Å²) in [5.74, 6) is -0.0681. The molecule has 24 heavy (non-hydrogen) atoms. The van der Waals surface area contributed by atoms with Crippen LogP contribution in [-0.2, 0) is 4.79 Å². The first kappa shape index (κ1) is 17.1. The van der Waals surface area contributed by atoms with Crippen LogP contribution in [-0.4, -0.2) is 37.3 Å². The van der Waals surface area contributed by atoms with Crippen LogP contribution in [0.5, 0.6) is 17.2 Å². The van der Waals surface area contributed by atoms with Gasteiger partial charge in [-0.2, -0.15) is 5.10 Å². The normalized spacial score (nSPS) is 10.5. The Morgan fingerprint density at radius 1 is 1.21 bits per heavy atom. The fraction of sp³-hybridized carbons (Fsp3) is 0.188. The number of aromatic amines is 1. The Morgan fingerprint density at radius 2 is 1.88 bits per heavy atom. The molecule has 1 aromatic carbocycles. The molecule has 2 N–H and O–H groups in total. The molecule has 1 heterocycles. The molecule has 1 amide bonds. The van der Waals surface area contributed by atoms with Gasteiger partial charge < -0.3 is 19.2 Å². The lowest BCUT2D eigenvalue weighted by Crippen LogP contribution is -2.17. The third kappa shape index (κ3) is 4.13. The molecule has 0 aliphatic heterocycles. The van der Waals surface area contributed by atoms with E-state index in [1.54, 1.807) is 30.5 Å². The number of carbonyl (C=O) groups is 2. The van der Waals surface area contributed by atoms with E-state index in [2.05, 4.69) is 15.5 Å². The maximum atomic E-state index is 11.8. The van der Waals surface area contributed by atoms with Crippen LogP contribution in [0.15, 0.2) is 35.6 Å². The average Bonchev–Trinajstić information content (AvgIpc) is 3.09. The van der Waals surface area contributed by atoms with Gasteiger partial charge in [-0.15, -0.1) is 0 Å². The zero-order valence-corrected chi connectivity index (χ0v) is 13.5. The SMILES string of the molecule is COc1cc(/C=N\NC(=O)c2ccc[nH]2)cc(OC)c1OC(C)=O. The number of benzene rings is 1. The summed E-state index contributed by atoms with van der Waals surface area (Å²) in [5.41, 5.74) is 3.37. The molecule has 0 bridgehead atoms. The van der Waals surface area contributed by atoms with Gasteiger partial charge in [-0.05, 0) is 24.3 Å². The molecule has 0 spiro atoms. The number of hydrazone groups is 1. The summed E-state index contributed by atoms with van der Waals surface area (Å²) in [6.07, 6.45) is 3.06. The second kappa shape index (κ2) is 7.82. The van der Waals surface area contributed by atoms with E-state index in [-0.39, 0.29) is 11.7 Å². The number of rotatable bonds is 6. The lowest BCUT2D eigenvalue weighted by atomic mass is 10.2. The molecule has 2 rings (SSSR count). The molecule has 0 atom stereocenters. The van der Waals surface area contributed by atoms with E-state index in [4.69, 9.17) is 14.2 Å². The fourth-order valence-electron chi connectivity index (χ4n) is 1.92. The summed E-state index contributed by atoms with van der Waals surface area (Å²) in [6, 6.07) is 6.54. The van der Waals surface area contributed by atoms with E-state index in [9.17, 15) is 9.59 Å². The number of aromatic nitrogens is 1. The first-order chi connectivity index (χ1) is 11.5. The van der Waals surface area contributed by atoms with Crippen molar-refractivity contribution in [1.82, 2.24) is 10.4 Å². The predicted octanol–water partition coefficient (Wildman–Crippen LogP) is 1.72. The van der Waals surface area contributed by atoms with Gasteiger partial charge in [0.15, 0.2) is 11.5 Å². The monoisotopic (exact) mass is 331 g/mol. The number of nitrogens with one attached hydrogen (secondary N) is 2. The number of carbonyl (C=O) groups excluding carboxylic acids is 2. The molecule has 8 nitrogen and oxygen atoms in total. The Kier molecular flexibility index (Phi) is 5.56. The van der Waals surface area contributed by atoms with Crippen molar-refractivity contribution in [2.75, 3.05) is 14.2 Å². The fourth-order valence-corrected chi connectivity index (χ4v) is 1.92. The van der Waals surface area contributed by atoms with Gasteiger partial charge >= 0.3 is 5.97 Å². The first-order valence-corrected chi connectivity index (χ1v) is 6.96. The van der Waals surface area contributed by atoms with Crippen LogP contribution in [0.2, 0.25) is 0 Å². The molecule has 0 saturated heterocycles. The second-order valence-electron chi connectivity index (χ2n) is 4.63. The summed E-state index contributed by atoms with van der Waals surface area (Å²) >= 11 is 0. The Bertz CT molecular complexity index is 728. The number of methoxy groups -OCH3 is 2. The lowest BCUT2D eigenvalue weighted by Gasteiger charge is -2.13. The molecule has 126 valence electrons. The Morgan fingerprint density at radius 3 is 2.38 bits per heavy atom. The van der Waals surface area contributed by atoms with Gasteiger partial charge in [0.25, 0.3) is 5.91 Å². The van der Waals surface area contributed by atoms with Crippen molar-refractivity contribution >= 4 is 18.1 Å². The summed E-state index contributed by atoms with van der Waals surface area (Å²) in [4.78, 5) is 25.7. The number of hydrogen-bond acceptors (Lipinski definition) is 6. The van der Waals surface area contributed by atoms with E-state index in [0.29, 0.717) is 22.8 Å². The number of esters is 1. The number of nitrogens with zero attached hydrogens (tertiary/aromatic N) is 1. The van der Waals surface area contributed by atoms with Gasteiger partial charge in [-0.25, -0.2) is 5.43 Å². The second-order valence-corrected chi connectivity index (χ2v) is 4.63. The molecular weight excluding hydrogens is 314 g/mol. The molecule has 0 aliphatic carbocycles. The zero-order valence-electron chi connectivity index (χ0n) is 13.5. The van der Waals surface area contributed by atoms with Crippen LogP contribution in [0, 0.1) is 0 Å². The smallest absolute Gasteiger partial charge is 0.308 e. The topological polar surface area (TPSA) is 102 Å². The van der Waals surface area contributed by atoms with Crippen LogP contribution in [0.4, 0.5) is 0 Å². The highest BCUT2D eigenvalue weighted by molar-refractivity contribution is 5.93. The molecule has 1 aromatic heterocycles. The van der Waals surface area contributed by atoms with Crippen molar-refractivity contribution in [2.24, 2.45) is 5.10 Å². The van der Waals surface area contributed by atoms with Crippen molar-refractivity contribution < 1.29 is 23.8 Å². The number of ether oxygens (including phenoxy) is 3. The summed E-state index contributed by atoms with van der Waals surface area (Å²) in [6.45, 7) is 1.28. The lowest BCUT2D eigenvalue weighted by molar-refractivity contribution is -0.132. The first-order valence-electron chi connectivity index (χ1n) is 6.96. The van der Waals surface area contributed by atoms with E-state index in [1.807, 2.05) is 0 Å². The largest absolute Gasteiger partial charge is 0.493 e. The highest BCUT2D eigenvalue weighted by Gasteiger charge is 2.15. The predicted molar refractivity (Wildman–Crippen MR) is 86.7 cm³/mol. The Labute approximate surface area is 138 Å². The van der Waals surface area contributed by atoms with Crippen molar-refractivity contribution in [3.63, 3.8) is 0 Å². The maximum absolute atomic E-state index is 11.8. The van der Waals surface area contributed by atoms with Crippen molar-refractivity contribution in [1.29, 1.82) is 0 Å². The molecule has 0 aliphatic rings. The third-order valence-corrected chi connectivity index (χ3v) is 2.95. The zero-order chi connectivity index (χ0) is 17.5. The average molecular weight is 331 g/mol. The highest BCUT2D eigenvalue weighted by atomic mass is 16.6. The summed E-state index contributed by atoms with van der Waals surface area (Å²) in [7, 11) is 2.88. The quantitative estimate of drug-likeness (QED) is 0.363. The Hall–Kier alpha value is -3.29. The summed E-state index contributed by atoms with van der Waals surface area (Å²) in [5, 5.41) is 3.88. The number of amides is 1. The molecule has 8 heteroatoms. The van der Waals surface area contributed by atoms with Crippen LogP contribution in [0.3, 0.4) is 0 Å². The highest BCUT2D eigenvalue weighted by Crippen LogP contribution is 2.38. The van der Waals surface area contributed by atoms with E-state index in [1.165, 1.54) is 27.4 Å². The Balaban J connectivity index is 2.19. The molecule has 0 saturated carbocycles. The van der Waals surface area contributed by atoms with Crippen LogP contribution < -0.4 is 19.6 Å². The van der Waals surface area contributed by atoms with Crippen molar-refractivity contribution in [3.05, 3.63) is 41.7 Å². The molecule has 0 fully saturated rings. The van der Waals surface area contributed by atoms with Crippen LogP contribution in [0.25, 0.3) is 0 Å². The molecular formula is C16H17N3O5. The van der Waals surface area contributed by atoms with Crippen molar-refractivity contribution in [2.45, 2.75) is 6.92 Å². The van der Waals surface area contributed by atoms with Crippen LogP contribution in [0.1, 0.15) is 23.0 Å². The van der Waals surface area contributed by atoms with E-state index < -0.39 is 5.97 Å². The van der Waals surface area contributed by atoms with E-state index in [0.717, 1.165) is 0 Å². The van der Waals surface area contributed by atoms with Gasteiger partial charge in [-0.3, -0.25) is 9.59 Å². The third-order valence-electron chi connectivity index (χ3n) is 2.95. The minimum Gasteiger partial charge on any atom is -0.493 e. The van der Waals surface area contributed by atoms with Crippen molar-refractivity contribution in [3.8, 4) is 17.2 Å². The molecule has 0 radical (unpaired) electrons. The van der Waals surface area contributed by atoms with Gasteiger partial charge in [0.05, 0.1) is 20.4 Å². The van der Waals surface area contributed by atoms with E-state index >= 15 is 0 Å². The van der Waals surface area contributed by atoms with Gasteiger partial charge in [0.2, 0.25) is 5.75 Å². The minimum atomic E-state index is -0.494. The molecule has 0 unspecified atom stereocenters. The molecule has 2 aromatic rings. The maximum Gasteiger partial charge on any atom is 0.308 e. The summed E-state index contributed by atoms with van der Waals surface area (Å²) < 4.78 is 15.5. The van der Waals surface area contributed by atoms with Gasteiger partial charge in [0, 0.05) is 18.7 Å². The number of H-pyrrole nitrogens is 1. The minimum absolute atomic E-state index is 0.181. The number of hydrogen-bond donors (Lipinski definition) is 2.